The van der Waals surface area contributed by atoms with Crippen molar-refractivity contribution in [2.75, 3.05) is 7.05 Å². The molecule has 1 saturated carbocycles. The highest BCUT2D eigenvalue weighted by Gasteiger charge is 2.42. The quantitative estimate of drug-likeness (QED) is 0.665. The van der Waals surface area contributed by atoms with Crippen molar-refractivity contribution < 1.29 is 13.2 Å². The predicted molar refractivity (Wildman–Crippen MR) is 87.2 cm³/mol. The fraction of sp³-hybridized carbons (Fsp3) is 0.278. The fourth-order valence-corrected chi connectivity index (χ4v) is 2.73. The predicted octanol–water partition coefficient (Wildman–Crippen LogP) is 3.33. The van der Waals surface area contributed by atoms with Gasteiger partial charge in [-0.2, -0.15) is 0 Å². The van der Waals surface area contributed by atoms with Gasteiger partial charge in [0.1, 0.15) is 17.5 Å². The van der Waals surface area contributed by atoms with Crippen molar-refractivity contribution in [1.82, 2.24) is 10.6 Å². The third-order valence-electron chi connectivity index (χ3n) is 4.11. The standard InChI is InChI=1S/C18H18F3N3/c1-22-18(23-10-11-5-2-3-6-13(11)19)24-16-9-12(16)17-14(20)7-4-8-15(17)21/h2-8,12,16H,9-10H2,1H3,(H2,22,23,24). The lowest BCUT2D eigenvalue weighted by Gasteiger charge is -2.12. The average molecular weight is 333 g/mol. The number of nitrogens with zero attached hydrogens (tertiary/aromatic N) is 1. The van der Waals surface area contributed by atoms with Gasteiger partial charge in [-0.1, -0.05) is 24.3 Å². The van der Waals surface area contributed by atoms with E-state index in [1.807, 2.05) is 0 Å². The molecule has 1 aliphatic rings. The monoisotopic (exact) mass is 333 g/mol. The largest absolute Gasteiger partial charge is 0.353 e. The second kappa shape index (κ2) is 6.95. The zero-order valence-corrected chi connectivity index (χ0v) is 13.2. The Morgan fingerprint density at radius 1 is 1.04 bits per heavy atom. The Hall–Kier alpha value is -2.50. The van der Waals surface area contributed by atoms with Gasteiger partial charge in [0.05, 0.1) is 0 Å². The molecule has 0 aromatic heterocycles. The molecule has 1 aliphatic carbocycles. The normalized spacial score (nSPS) is 19.9. The van der Waals surface area contributed by atoms with E-state index in [1.165, 1.54) is 24.3 Å². The van der Waals surface area contributed by atoms with Crippen molar-refractivity contribution in [2.24, 2.45) is 4.99 Å². The van der Waals surface area contributed by atoms with Crippen molar-refractivity contribution >= 4 is 5.96 Å². The molecule has 0 radical (unpaired) electrons. The molecule has 3 nitrogen and oxygen atoms in total. The van der Waals surface area contributed by atoms with Crippen LogP contribution in [0.5, 0.6) is 0 Å². The SMILES string of the molecule is CN=C(NCc1ccccc1F)NC1CC1c1c(F)cccc1F. The second-order valence-corrected chi connectivity index (χ2v) is 5.75. The number of aliphatic imine (C=N–C) groups is 1. The lowest BCUT2D eigenvalue weighted by molar-refractivity contribution is 0.553. The van der Waals surface area contributed by atoms with Gasteiger partial charge in [0.25, 0.3) is 0 Å². The van der Waals surface area contributed by atoms with Crippen molar-refractivity contribution in [3.05, 3.63) is 71.0 Å². The molecule has 126 valence electrons. The minimum atomic E-state index is -0.529. The summed E-state index contributed by atoms with van der Waals surface area (Å²) >= 11 is 0. The summed E-state index contributed by atoms with van der Waals surface area (Å²) < 4.78 is 41.2. The Morgan fingerprint density at radius 3 is 2.38 bits per heavy atom. The number of rotatable bonds is 4. The van der Waals surface area contributed by atoms with Crippen molar-refractivity contribution in [3.8, 4) is 0 Å². The van der Waals surface area contributed by atoms with E-state index < -0.39 is 11.6 Å². The molecule has 2 atom stereocenters. The Bertz CT molecular complexity index is 741. The third-order valence-corrected chi connectivity index (χ3v) is 4.11. The molecule has 6 heteroatoms. The summed E-state index contributed by atoms with van der Waals surface area (Å²) in [6.45, 7) is 0.276. The zero-order chi connectivity index (χ0) is 17.1. The summed E-state index contributed by atoms with van der Waals surface area (Å²) in [7, 11) is 1.59. The molecule has 1 fully saturated rings. The van der Waals surface area contributed by atoms with Crippen molar-refractivity contribution in [1.29, 1.82) is 0 Å². The molecular formula is C18H18F3N3. The first-order valence-corrected chi connectivity index (χ1v) is 7.74. The average Bonchev–Trinajstić information content (AvgIpc) is 3.31. The Morgan fingerprint density at radius 2 is 1.71 bits per heavy atom. The minimum absolute atomic E-state index is 0.0942. The van der Waals surface area contributed by atoms with Crippen LogP contribution in [-0.2, 0) is 6.54 Å². The first kappa shape index (κ1) is 16.4. The Kier molecular flexibility index (Phi) is 4.74. The van der Waals surface area contributed by atoms with Crippen LogP contribution in [0.4, 0.5) is 13.2 Å². The van der Waals surface area contributed by atoms with Crippen molar-refractivity contribution in [2.45, 2.75) is 24.9 Å². The molecule has 2 N–H and O–H groups in total. The summed E-state index contributed by atoms with van der Waals surface area (Å²) in [5, 5.41) is 6.13. The number of nitrogens with one attached hydrogen (secondary N) is 2. The fourth-order valence-electron chi connectivity index (χ4n) is 2.73. The van der Waals surface area contributed by atoms with Gasteiger partial charge in [-0.05, 0) is 24.6 Å². The number of hydrogen-bond acceptors (Lipinski definition) is 1. The van der Waals surface area contributed by atoms with E-state index in [4.69, 9.17) is 0 Å². The van der Waals surface area contributed by atoms with E-state index in [0.29, 0.717) is 17.9 Å². The molecule has 3 rings (SSSR count). The number of guanidine groups is 1. The van der Waals surface area contributed by atoms with Gasteiger partial charge in [-0.15, -0.1) is 0 Å². The van der Waals surface area contributed by atoms with Crippen LogP contribution in [0.1, 0.15) is 23.5 Å². The van der Waals surface area contributed by atoms with E-state index in [2.05, 4.69) is 15.6 Å². The highest BCUT2D eigenvalue weighted by Crippen LogP contribution is 2.43. The molecule has 0 heterocycles. The first-order valence-electron chi connectivity index (χ1n) is 7.74. The highest BCUT2D eigenvalue weighted by molar-refractivity contribution is 5.80. The summed E-state index contributed by atoms with van der Waals surface area (Å²) in [6, 6.07) is 10.3. The van der Waals surface area contributed by atoms with Gasteiger partial charge in [-0.25, -0.2) is 13.2 Å². The van der Waals surface area contributed by atoms with Crippen LogP contribution in [0.15, 0.2) is 47.5 Å². The molecule has 0 bridgehead atoms. The smallest absolute Gasteiger partial charge is 0.191 e. The molecule has 0 spiro atoms. The summed E-state index contributed by atoms with van der Waals surface area (Å²) in [5.41, 5.74) is 0.632. The number of benzene rings is 2. The molecule has 0 aliphatic heterocycles. The van der Waals surface area contributed by atoms with Gasteiger partial charge in [-0.3, -0.25) is 4.99 Å². The molecule has 2 unspecified atom stereocenters. The summed E-state index contributed by atoms with van der Waals surface area (Å²) in [4.78, 5) is 4.07. The minimum Gasteiger partial charge on any atom is -0.353 e. The number of hydrogen-bond donors (Lipinski definition) is 2. The van der Waals surface area contributed by atoms with E-state index in [9.17, 15) is 13.2 Å². The second-order valence-electron chi connectivity index (χ2n) is 5.75. The van der Waals surface area contributed by atoms with E-state index in [-0.39, 0.29) is 29.9 Å². The topological polar surface area (TPSA) is 36.4 Å². The van der Waals surface area contributed by atoms with Crippen LogP contribution < -0.4 is 10.6 Å². The third kappa shape index (κ3) is 3.53. The maximum atomic E-state index is 13.8. The van der Waals surface area contributed by atoms with Crippen LogP contribution in [0.3, 0.4) is 0 Å². The van der Waals surface area contributed by atoms with Crippen molar-refractivity contribution in [3.63, 3.8) is 0 Å². The lowest BCUT2D eigenvalue weighted by atomic mass is 10.1. The highest BCUT2D eigenvalue weighted by atomic mass is 19.1. The molecule has 0 amide bonds. The Labute approximate surface area is 138 Å². The van der Waals surface area contributed by atoms with Gasteiger partial charge < -0.3 is 10.6 Å². The van der Waals surface area contributed by atoms with E-state index in [0.717, 1.165) is 0 Å². The summed E-state index contributed by atoms with van der Waals surface area (Å²) in [5.74, 6) is -1.10. The van der Waals surface area contributed by atoms with Gasteiger partial charge in [0.15, 0.2) is 5.96 Å². The van der Waals surface area contributed by atoms with Gasteiger partial charge in [0.2, 0.25) is 0 Å². The lowest BCUT2D eigenvalue weighted by Crippen LogP contribution is -2.38. The number of halogens is 3. The van der Waals surface area contributed by atoms with E-state index in [1.54, 1.807) is 25.2 Å². The molecule has 2 aromatic rings. The van der Waals surface area contributed by atoms with E-state index >= 15 is 0 Å². The van der Waals surface area contributed by atoms with Crippen LogP contribution in [-0.4, -0.2) is 19.0 Å². The first-order chi connectivity index (χ1) is 11.6. The van der Waals surface area contributed by atoms with Crippen LogP contribution in [0.2, 0.25) is 0 Å². The van der Waals surface area contributed by atoms with Gasteiger partial charge >= 0.3 is 0 Å². The van der Waals surface area contributed by atoms with Crippen LogP contribution >= 0.6 is 0 Å². The maximum Gasteiger partial charge on any atom is 0.191 e. The molecule has 0 saturated heterocycles. The molecule has 2 aromatic carbocycles. The van der Waals surface area contributed by atoms with Crippen LogP contribution in [0.25, 0.3) is 0 Å². The Balaban J connectivity index is 1.59. The maximum absolute atomic E-state index is 13.8. The van der Waals surface area contributed by atoms with Crippen LogP contribution in [0, 0.1) is 17.5 Å². The van der Waals surface area contributed by atoms with Gasteiger partial charge in [0, 0.05) is 36.7 Å². The molecular weight excluding hydrogens is 315 g/mol. The molecule has 24 heavy (non-hydrogen) atoms. The summed E-state index contributed by atoms with van der Waals surface area (Å²) in [6.07, 6.45) is 0.623. The zero-order valence-electron chi connectivity index (χ0n) is 13.2.